The SMILES string of the molecule is O=C(Cc1csc(-c2cc(Br)cs2)n1)N1CCc2ccccc21. The van der Waals surface area contributed by atoms with Crippen LogP contribution in [0.3, 0.4) is 0 Å². The van der Waals surface area contributed by atoms with Crippen LogP contribution in [0.2, 0.25) is 0 Å². The highest BCUT2D eigenvalue weighted by Gasteiger charge is 2.24. The fourth-order valence-corrected chi connectivity index (χ4v) is 5.10. The van der Waals surface area contributed by atoms with E-state index < -0.39 is 0 Å². The summed E-state index contributed by atoms with van der Waals surface area (Å²) in [4.78, 5) is 20.3. The lowest BCUT2D eigenvalue weighted by Crippen LogP contribution is -2.30. The van der Waals surface area contributed by atoms with Crippen molar-refractivity contribution in [2.75, 3.05) is 11.4 Å². The fourth-order valence-electron chi connectivity index (χ4n) is 2.77. The van der Waals surface area contributed by atoms with Crippen LogP contribution in [0, 0.1) is 0 Å². The number of rotatable bonds is 3. The standard InChI is InChI=1S/C17H13BrN2OS2/c18-12-7-15(22-9-12)17-19-13(10-23-17)8-16(21)20-6-5-11-3-1-2-4-14(11)20/h1-4,7,9-10H,5-6,8H2. The number of carbonyl (C=O) groups excluding carboxylic acids is 1. The average Bonchev–Trinajstić information content (AvgIpc) is 3.25. The average molecular weight is 405 g/mol. The Balaban J connectivity index is 1.51. The molecule has 0 aliphatic carbocycles. The Kier molecular flexibility index (Phi) is 4.05. The van der Waals surface area contributed by atoms with Crippen LogP contribution < -0.4 is 4.90 Å². The number of nitrogens with zero attached hydrogens (tertiary/aromatic N) is 2. The minimum Gasteiger partial charge on any atom is -0.311 e. The molecule has 3 heterocycles. The summed E-state index contributed by atoms with van der Waals surface area (Å²) >= 11 is 6.71. The van der Waals surface area contributed by atoms with Crippen LogP contribution in [0.25, 0.3) is 9.88 Å². The van der Waals surface area contributed by atoms with Crippen molar-refractivity contribution in [1.29, 1.82) is 0 Å². The predicted octanol–water partition coefficient (Wildman–Crippen LogP) is 4.77. The van der Waals surface area contributed by atoms with Gasteiger partial charge in [0.2, 0.25) is 5.91 Å². The summed E-state index contributed by atoms with van der Waals surface area (Å²) in [5.74, 6) is 0.124. The molecule has 1 amide bonds. The van der Waals surface area contributed by atoms with Gasteiger partial charge in [0.25, 0.3) is 0 Å². The number of thiophene rings is 1. The van der Waals surface area contributed by atoms with Crippen molar-refractivity contribution in [3.63, 3.8) is 0 Å². The van der Waals surface area contributed by atoms with Gasteiger partial charge in [-0.25, -0.2) is 4.98 Å². The van der Waals surface area contributed by atoms with E-state index in [0.29, 0.717) is 6.42 Å². The quantitative estimate of drug-likeness (QED) is 0.629. The number of hydrogen-bond donors (Lipinski definition) is 0. The Morgan fingerprint density at radius 2 is 2.13 bits per heavy atom. The highest BCUT2D eigenvalue weighted by molar-refractivity contribution is 9.10. The van der Waals surface area contributed by atoms with Crippen molar-refractivity contribution in [2.45, 2.75) is 12.8 Å². The van der Waals surface area contributed by atoms with Gasteiger partial charge in [0.15, 0.2) is 0 Å². The smallest absolute Gasteiger partial charge is 0.233 e. The van der Waals surface area contributed by atoms with Crippen LogP contribution in [0.1, 0.15) is 11.3 Å². The molecule has 0 N–H and O–H groups in total. The van der Waals surface area contributed by atoms with E-state index in [2.05, 4.69) is 33.0 Å². The first-order valence-corrected chi connectivity index (χ1v) is 9.83. The van der Waals surface area contributed by atoms with E-state index in [1.165, 1.54) is 5.56 Å². The van der Waals surface area contributed by atoms with Gasteiger partial charge in [0.1, 0.15) is 5.01 Å². The number of aromatic nitrogens is 1. The van der Waals surface area contributed by atoms with E-state index in [9.17, 15) is 4.79 Å². The minimum absolute atomic E-state index is 0.124. The molecule has 23 heavy (non-hydrogen) atoms. The molecule has 1 aromatic carbocycles. The summed E-state index contributed by atoms with van der Waals surface area (Å²) in [5.41, 5.74) is 3.15. The van der Waals surface area contributed by atoms with Crippen molar-refractivity contribution >= 4 is 50.2 Å². The summed E-state index contributed by atoms with van der Waals surface area (Å²) < 4.78 is 1.07. The lowest BCUT2D eigenvalue weighted by Gasteiger charge is -2.16. The minimum atomic E-state index is 0.124. The highest BCUT2D eigenvalue weighted by atomic mass is 79.9. The third kappa shape index (κ3) is 2.98. The van der Waals surface area contributed by atoms with Gasteiger partial charge in [-0.05, 0) is 40.0 Å². The first kappa shape index (κ1) is 15.1. The third-order valence-electron chi connectivity index (χ3n) is 3.85. The highest BCUT2D eigenvalue weighted by Crippen LogP contribution is 2.32. The molecule has 0 bridgehead atoms. The number of halogens is 1. The zero-order valence-electron chi connectivity index (χ0n) is 12.2. The van der Waals surface area contributed by atoms with Crippen LogP contribution in [0.15, 0.2) is 45.6 Å². The normalized spacial score (nSPS) is 13.3. The number of amides is 1. The first-order valence-electron chi connectivity index (χ1n) is 7.28. The van der Waals surface area contributed by atoms with Crippen LogP contribution in [-0.4, -0.2) is 17.4 Å². The Labute approximate surface area is 150 Å². The molecule has 1 aliphatic heterocycles. The van der Waals surface area contributed by atoms with E-state index in [0.717, 1.165) is 38.7 Å². The van der Waals surface area contributed by atoms with E-state index >= 15 is 0 Å². The Bertz CT molecular complexity index is 871. The largest absolute Gasteiger partial charge is 0.311 e. The number of fused-ring (bicyclic) bond motifs is 1. The fraction of sp³-hybridized carbons (Fsp3) is 0.176. The van der Waals surface area contributed by atoms with Gasteiger partial charge in [-0.15, -0.1) is 22.7 Å². The van der Waals surface area contributed by atoms with E-state index in [1.54, 1.807) is 22.7 Å². The van der Waals surface area contributed by atoms with E-state index in [-0.39, 0.29) is 5.91 Å². The third-order valence-corrected chi connectivity index (χ3v) is 6.60. The second-order valence-electron chi connectivity index (χ2n) is 5.37. The van der Waals surface area contributed by atoms with Gasteiger partial charge in [-0.2, -0.15) is 0 Å². The number of benzene rings is 1. The number of hydrogen-bond acceptors (Lipinski definition) is 4. The summed E-state index contributed by atoms with van der Waals surface area (Å²) in [6.07, 6.45) is 1.30. The summed E-state index contributed by atoms with van der Waals surface area (Å²) in [6, 6.07) is 10.2. The lowest BCUT2D eigenvalue weighted by atomic mass is 10.2. The summed E-state index contributed by atoms with van der Waals surface area (Å²) in [5, 5.41) is 5.01. The van der Waals surface area contributed by atoms with Crippen LogP contribution in [0.4, 0.5) is 5.69 Å². The molecular formula is C17H13BrN2OS2. The second-order valence-corrected chi connectivity index (χ2v) is 8.06. The molecule has 4 rings (SSSR count). The monoisotopic (exact) mass is 404 g/mol. The lowest BCUT2D eigenvalue weighted by molar-refractivity contribution is -0.117. The molecule has 2 aromatic heterocycles. The predicted molar refractivity (Wildman–Crippen MR) is 99.3 cm³/mol. The molecule has 0 atom stereocenters. The Hall–Kier alpha value is -1.50. The van der Waals surface area contributed by atoms with E-state index in [4.69, 9.17) is 0 Å². The molecule has 3 aromatic rings. The number of thiazole rings is 1. The molecule has 0 unspecified atom stereocenters. The van der Waals surface area contributed by atoms with Gasteiger partial charge >= 0.3 is 0 Å². The topological polar surface area (TPSA) is 33.2 Å². The zero-order valence-corrected chi connectivity index (χ0v) is 15.4. The van der Waals surface area contributed by atoms with Crippen molar-refractivity contribution in [2.24, 2.45) is 0 Å². The van der Waals surface area contributed by atoms with Crippen molar-refractivity contribution in [1.82, 2.24) is 4.98 Å². The molecule has 1 aliphatic rings. The van der Waals surface area contributed by atoms with Gasteiger partial charge in [0.05, 0.1) is 17.0 Å². The van der Waals surface area contributed by atoms with Crippen LogP contribution in [-0.2, 0) is 17.6 Å². The first-order chi connectivity index (χ1) is 11.2. The summed E-state index contributed by atoms with van der Waals surface area (Å²) in [7, 11) is 0. The Morgan fingerprint density at radius 1 is 1.26 bits per heavy atom. The zero-order chi connectivity index (χ0) is 15.8. The van der Waals surface area contributed by atoms with Gasteiger partial charge < -0.3 is 4.90 Å². The Morgan fingerprint density at radius 3 is 2.96 bits per heavy atom. The molecular weight excluding hydrogens is 392 g/mol. The van der Waals surface area contributed by atoms with Crippen LogP contribution >= 0.6 is 38.6 Å². The van der Waals surface area contributed by atoms with Crippen molar-refractivity contribution < 1.29 is 4.79 Å². The molecule has 0 fully saturated rings. The molecule has 0 saturated carbocycles. The number of anilines is 1. The maximum absolute atomic E-state index is 12.6. The molecule has 6 heteroatoms. The molecule has 0 radical (unpaired) electrons. The maximum Gasteiger partial charge on any atom is 0.233 e. The van der Waals surface area contributed by atoms with Crippen molar-refractivity contribution in [3.8, 4) is 9.88 Å². The second kappa shape index (κ2) is 6.19. The van der Waals surface area contributed by atoms with Crippen molar-refractivity contribution in [3.05, 3.63) is 56.8 Å². The van der Waals surface area contributed by atoms with Gasteiger partial charge in [-0.3, -0.25) is 4.79 Å². The van der Waals surface area contributed by atoms with Gasteiger partial charge in [0, 0.05) is 27.5 Å². The molecule has 0 spiro atoms. The van der Waals surface area contributed by atoms with Crippen LogP contribution in [0.5, 0.6) is 0 Å². The molecule has 0 saturated heterocycles. The van der Waals surface area contributed by atoms with E-state index in [1.807, 2.05) is 33.9 Å². The maximum atomic E-state index is 12.6. The summed E-state index contributed by atoms with van der Waals surface area (Å²) in [6.45, 7) is 0.771. The number of carbonyl (C=O) groups is 1. The molecule has 3 nitrogen and oxygen atoms in total. The van der Waals surface area contributed by atoms with Gasteiger partial charge in [-0.1, -0.05) is 18.2 Å². The number of para-hydroxylation sites is 1. The molecule has 116 valence electrons.